The second kappa shape index (κ2) is 5.74. The van der Waals surface area contributed by atoms with Crippen LogP contribution in [0, 0.1) is 0 Å². The van der Waals surface area contributed by atoms with Crippen LogP contribution in [0.3, 0.4) is 0 Å². The molecule has 1 aromatic heterocycles. The largest absolute Gasteiger partial charge is 0.493 e. The maximum atomic E-state index is 5.93. The monoisotopic (exact) mass is 370 g/mol. The number of benzene rings is 2. The fourth-order valence-electron chi connectivity index (χ4n) is 2.87. The lowest BCUT2D eigenvalue weighted by Gasteiger charge is -2.22. The summed E-state index contributed by atoms with van der Waals surface area (Å²) in [5.41, 5.74) is 3.01. The van der Waals surface area contributed by atoms with E-state index in [0.29, 0.717) is 13.3 Å². The van der Waals surface area contributed by atoms with Crippen LogP contribution in [0.1, 0.15) is 6.92 Å². The Balaban J connectivity index is 1.94. The fraction of sp³-hybridized carbons (Fsp3) is 0.167. The van der Waals surface area contributed by atoms with Gasteiger partial charge in [-0.15, -0.1) is 0 Å². The molecule has 4 rings (SSSR count). The van der Waals surface area contributed by atoms with Gasteiger partial charge in [-0.1, -0.05) is 36.4 Å². The van der Waals surface area contributed by atoms with Gasteiger partial charge in [0.2, 0.25) is 0 Å². The second-order valence-corrected chi connectivity index (χ2v) is 5.96. The zero-order valence-electron chi connectivity index (χ0n) is 12.6. The summed E-state index contributed by atoms with van der Waals surface area (Å²) < 4.78 is 14.6. The molecule has 4 nitrogen and oxygen atoms in total. The molecular weight excluding hydrogens is 356 g/mol. The Hall–Kier alpha value is -2.27. The van der Waals surface area contributed by atoms with Crippen molar-refractivity contribution in [3.8, 4) is 34.1 Å². The molecule has 0 saturated carbocycles. The van der Waals surface area contributed by atoms with Crippen molar-refractivity contribution in [1.29, 1.82) is 0 Å². The molecule has 116 valence electrons. The molecule has 0 N–H and O–H groups in total. The molecule has 0 bridgehead atoms. The van der Waals surface area contributed by atoms with Crippen molar-refractivity contribution in [3.63, 3.8) is 0 Å². The fourth-order valence-corrected chi connectivity index (χ4v) is 3.48. The molecule has 0 amide bonds. The van der Waals surface area contributed by atoms with Crippen LogP contribution in [-0.4, -0.2) is 16.2 Å². The Kier molecular flexibility index (Phi) is 3.58. The first kappa shape index (κ1) is 14.3. The first-order chi connectivity index (χ1) is 11.3. The van der Waals surface area contributed by atoms with Crippen molar-refractivity contribution < 1.29 is 9.47 Å². The van der Waals surface area contributed by atoms with Crippen LogP contribution in [0.25, 0.3) is 22.6 Å². The average Bonchev–Trinajstić information content (AvgIpc) is 2.92. The first-order valence-corrected chi connectivity index (χ1v) is 8.29. The van der Waals surface area contributed by atoms with Crippen LogP contribution in [0.4, 0.5) is 0 Å². The summed E-state index contributed by atoms with van der Waals surface area (Å²) in [5, 5.41) is 0. The van der Waals surface area contributed by atoms with Gasteiger partial charge in [-0.25, -0.2) is 4.98 Å². The van der Waals surface area contributed by atoms with E-state index in [2.05, 4.69) is 32.6 Å². The molecule has 0 saturated heterocycles. The average molecular weight is 371 g/mol. The summed E-state index contributed by atoms with van der Waals surface area (Å²) in [4.78, 5) is 4.73. The minimum Gasteiger partial charge on any atom is -0.493 e. The molecule has 0 fully saturated rings. The van der Waals surface area contributed by atoms with Crippen molar-refractivity contribution in [1.82, 2.24) is 9.55 Å². The summed E-state index contributed by atoms with van der Waals surface area (Å²) in [6.07, 6.45) is 0. The van der Waals surface area contributed by atoms with Crippen LogP contribution >= 0.6 is 15.9 Å². The highest BCUT2D eigenvalue weighted by Crippen LogP contribution is 2.44. The molecule has 3 aromatic rings. The molecule has 1 aliphatic heterocycles. The maximum absolute atomic E-state index is 5.93. The van der Waals surface area contributed by atoms with E-state index in [-0.39, 0.29) is 0 Å². The van der Waals surface area contributed by atoms with Crippen molar-refractivity contribution in [3.05, 3.63) is 53.1 Å². The van der Waals surface area contributed by atoms with Gasteiger partial charge in [-0.05, 0) is 35.0 Å². The molecule has 0 atom stereocenters. The Morgan fingerprint density at radius 3 is 2.78 bits per heavy atom. The number of aromatic nitrogens is 2. The lowest BCUT2D eigenvalue weighted by molar-refractivity contribution is 0.229. The molecule has 5 heteroatoms. The Labute approximate surface area is 142 Å². The smallest absolute Gasteiger partial charge is 0.167 e. The topological polar surface area (TPSA) is 36.3 Å². The van der Waals surface area contributed by atoms with Crippen LogP contribution in [0.15, 0.2) is 53.1 Å². The quantitative estimate of drug-likeness (QED) is 0.668. The third kappa shape index (κ3) is 2.32. The van der Waals surface area contributed by atoms with Crippen molar-refractivity contribution in [2.45, 2.75) is 13.7 Å². The SMILES string of the molecule is CCOc1cccc2c1-c1nc(Br)c(-c3ccccc3)n1CO2. The summed E-state index contributed by atoms with van der Waals surface area (Å²) in [6.45, 7) is 3.01. The van der Waals surface area contributed by atoms with E-state index < -0.39 is 0 Å². The molecule has 1 aliphatic rings. The number of ether oxygens (including phenoxy) is 2. The summed E-state index contributed by atoms with van der Waals surface area (Å²) >= 11 is 3.60. The van der Waals surface area contributed by atoms with Crippen LogP contribution in [0.5, 0.6) is 11.5 Å². The van der Waals surface area contributed by atoms with Gasteiger partial charge in [0, 0.05) is 5.56 Å². The predicted octanol–water partition coefficient (Wildman–Crippen LogP) is 4.73. The molecule has 2 aromatic carbocycles. The maximum Gasteiger partial charge on any atom is 0.167 e. The van der Waals surface area contributed by atoms with Gasteiger partial charge in [0.05, 0.1) is 12.3 Å². The lowest BCUT2D eigenvalue weighted by atomic mass is 10.1. The third-order valence-corrected chi connectivity index (χ3v) is 4.39. The van der Waals surface area contributed by atoms with Crippen LogP contribution < -0.4 is 9.47 Å². The van der Waals surface area contributed by atoms with Gasteiger partial charge in [-0.2, -0.15) is 0 Å². The van der Waals surface area contributed by atoms with Crippen molar-refractivity contribution in [2.75, 3.05) is 6.61 Å². The van der Waals surface area contributed by atoms with Crippen molar-refractivity contribution >= 4 is 15.9 Å². The third-order valence-electron chi connectivity index (χ3n) is 3.83. The van der Waals surface area contributed by atoms with Crippen molar-refractivity contribution in [2.24, 2.45) is 0 Å². The van der Waals surface area contributed by atoms with E-state index in [0.717, 1.165) is 38.7 Å². The van der Waals surface area contributed by atoms with Gasteiger partial charge >= 0.3 is 0 Å². The van der Waals surface area contributed by atoms with Gasteiger partial charge < -0.3 is 9.47 Å². The Morgan fingerprint density at radius 2 is 2.00 bits per heavy atom. The first-order valence-electron chi connectivity index (χ1n) is 7.50. The zero-order valence-corrected chi connectivity index (χ0v) is 14.2. The van der Waals surface area contributed by atoms with E-state index in [1.54, 1.807) is 0 Å². The number of nitrogens with zero attached hydrogens (tertiary/aromatic N) is 2. The van der Waals surface area contributed by atoms with Gasteiger partial charge in [-0.3, -0.25) is 4.57 Å². The van der Waals surface area contributed by atoms with Gasteiger partial charge in [0.1, 0.15) is 21.7 Å². The zero-order chi connectivity index (χ0) is 15.8. The van der Waals surface area contributed by atoms with E-state index in [9.17, 15) is 0 Å². The number of hydrogen-bond donors (Lipinski definition) is 0. The minimum absolute atomic E-state index is 0.431. The lowest BCUT2D eigenvalue weighted by Crippen LogP contribution is -2.14. The van der Waals surface area contributed by atoms with E-state index >= 15 is 0 Å². The van der Waals surface area contributed by atoms with Gasteiger partial charge in [0.25, 0.3) is 0 Å². The number of halogens is 1. The van der Waals surface area contributed by atoms with Crippen LogP contribution in [-0.2, 0) is 6.73 Å². The van der Waals surface area contributed by atoms with Crippen LogP contribution in [0.2, 0.25) is 0 Å². The highest BCUT2D eigenvalue weighted by Gasteiger charge is 2.27. The van der Waals surface area contributed by atoms with E-state index in [1.807, 2.05) is 43.3 Å². The summed E-state index contributed by atoms with van der Waals surface area (Å²) in [7, 11) is 0. The Bertz CT molecular complexity index is 859. The number of imidazole rings is 1. The van der Waals surface area contributed by atoms with E-state index in [1.165, 1.54) is 0 Å². The summed E-state index contributed by atoms with van der Waals surface area (Å²) in [5.74, 6) is 2.46. The number of rotatable bonds is 3. The highest BCUT2D eigenvalue weighted by molar-refractivity contribution is 9.10. The number of fused-ring (bicyclic) bond motifs is 3. The van der Waals surface area contributed by atoms with E-state index in [4.69, 9.17) is 14.5 Å². The molecular formula is C18H15BrN2O2. The Morgan fingerprint density at radius 1 is 1.17 bits per heavy atom. The standard InChI is InChI=1S/C18H15BrN2O2/c1-2-22-13-9-6-10-14-15(13)18-20-17(19)16(21(18)11-23-14)12-7-4-3-5-8-12/h3-10H,2,11H2,1H3. The molecule has 2 heterocycles. The number of hydrogen-bond acceptors (Lipinski definition) is 3. The normalized spacial score (nSPS) is 12.3. The predicted molar refractivity (Wildman–Crippen MR) is 92.6 cm³/mol. The van der Waals surface area contributed by atoms with Gasteiger partial charge in [0.15, 0.2) is 12.6 Å². The molecule has 23 heavy (non-hydrogen) atoms. The molecule has 0 spiro atoms. The minimum atomic E-state index is 0.431. The second-order valence-electron chi connectivity index (χ2n) is 5.20. The molecule has 0 unspecified atom stereocenters. The molecule has 0 radical (unpaired) electrons. The highest BCUT2D eigenvalue weighted by atomic mass is 79.9. The molecule has 0 aliphatic carbocycles. The summed E-state index contributed by atoms with van der Waals surface area (Å²) in [6, 6.07) is 16.0.